The second kappa shape index (κ2) is 9.18. The molecule has 0 amide bonds. The molecule has 0 aliphatic heterocycles. The molecule has 4 aliphatic rings. The van der Waals surface area contributed by atoms with E-state index >= 15 is 0 Å². The third-order valence-electron chi connectivity index (χ3n) is 10.8. The van der Waals surface area contributed by atoms with Crippen LogP contribution in [0.3, 0.4) is 0 Å². The van der Waals surface area contributed by atoms with Crippen LogP contribution in [0.4, 0.5) is 0 Å². The Bertz CT molecular complexity index is 689. The van der Waals surface area contributed by atoms with Gasteiger partial charge in [-0.05, 0) is 117 Å². The van der Waals surface area contributed by atoms with Crippen LogP contribution in [-0.4, -0.2) is 14.4 Å². The Morgan fingerprint density at radius 3 is 2.38 bits per heavy atom. The van der Waals surface area contributed by atoms with Crippen LogP contribution in [0.2, 0.25) is 19.6 Å². The Balaban J connectivity index is 1.46. The summed E-state index contributed by atoms with van der Waals surface area (Å²) in [7, 11) is -1.47. The number of hydrogen-bond acceptors (Lipinski definition) is 1. The van der Waals surface area contributed by atoms with Gasteiger partial charge in [-0.3, -0.25) is 0 Å². The maximum absolute atomic E-state index is 6.54. The van der Waals surface area contributed by atoms with Crippen LogP contribution in [0, 0.1) is 46.3 Å². The van der Waals surface area contributed by atoms with E-state index in [1.54, 1.807) is 5.57 Å². The molecule has 0 N–H and O–H groups in total. The standard InChI is InChI=1S/C30H54OSi/c1-21(2)10-9-11-22(3)26-14-15-27-25-13-12-23-20-24(31-32(6,7)8)16-18-29(23,4)28(25)17-19-30(26,27)5/h20-22,24-28H,9-19H2,1-8H3/t22-,24+,25+,26-,27+,28+,29+,30-/m1/s1. The fourth-order valence-corrected chi connectivity index (χ4v) is 10.4. The monoisotopic (exact) mass is 458 g/mol. The summed E-state index contributed by atoms with van der Waals surface area (Å²) in [6.07, 6.45) is 18.8. The fraction of sp³-hybridized carbons (Fsp3) is 0.933. The molecule has 0 aromatic rings. The zero-order valence-corrected chi connectivity index (χ0v) is 23.8. The molecular formula is C30H54OSi. The number of hydrogen-bond donors (Lipinski definition) is 0. The average molecular weight is 459 g/mol. The first-order chi connectivity index (χ1) is 14.9. The van der Waals surface area contributed by atoms with E-state index in [4.69, 9.17) is 4.43 Å². The molecule has 0 bridgehead atoms. The Morgan fingerprint density at radius 2 is 1.69 bits per heavy atom. The van der Waals surface area contributed by atoms with E-state index in [9.17, 15) is 0 Å². The second-order valence-corrected chi connectivity index (χ2v) is 18.8. The molecule has 0 unspecified atom stereocenters. The first kappa shape index (κ1) is 25.0. The third kappa shape index (κ3) is 4.71. The summed E-state index contributed by atoms with van der Waals surface area (Å²) in [5, 5.41) is 0. The Morgan fingerprint density at radius 1 is 0.938 bits per heavy atom. The van der Waals surface area contributed by atoms with Gasteiger partial charge in [-0.2, -0.15) is 0 Å². The highest BCUT2D eigenvalue weighted by molar-refractivity contribution is 6.69. The maximum Gasteiger partial charge on any atom is 0.184 e. The van der Waals surface area contributed by atoms with Gasteiger partial charge >= 0.3 is 0 Å². The zero-order chi connectivity index (χ0) is 23.3. The lowest BCUT2D eigenvalue weighted by Crippen LogP contribution is -2.51. The topological polar surface area (TPSA) is 9.23 Å². The zero-order valence-electron chi connectivity index (χ0n) is 22.8. The molecule has 0 spiro atoms. The van der Waals surface area contributed by atoms with Gasteiger partial charge in [0.2, 0.25) is 0 Å². The summed E-state index contributed by atoms with van der Waals surface area (Å²) in [6, 6.07) is 0. The van der Waals surface area contributed by atoms with Crippen molar-refractivity contribution in [1.82, 2.24) is 0 Å². The van der Waals surface area contributed by atoms with Crippen molar-refractivity contribution < 1.29 is 4.43 Å². The van der Waals surface area contributed by atoms with Crippen molar-refractivity contribution in [2.75, 3.05) is 0 Å². The molecular weight excluding hydrogens is 404 g/mol. The van der Waals surface area contributed by atoms with Crippen molar-refractivity contribution >= 4 is 8.32 Å². The van der Waals surface area contributed by atoms with Gasteiger partial charge in [-0.25, -0.2) is 0 Å². The second-order valence-electron chi connectivity index (χ2n) is 14.4. The molecule has 0 aromatic heterocycles. The van der Waals surface area contributed by atoms with E-state index in [1.807, 2.05) is 0 Å². The highest BCUT2D eigenvalue weighted by Gasteiger charge is 2.59. The van der Waals surface area contributed by atoms with Gasteiger partial charge < -0.3 is 4.43 Å². The minimum Gasteiger partial charge on any atom is -0.411 e. The number of rotatable bonds is 7. The molecule has 32 heavy (non-hydrogen) atoms. The first-order valence-electron chi connectivity index (χ1n) is 14.3. The fourth-order valence-electron chi connectivity index (χ4n) is 9.27. The van der Waals surface area contributed by atoms with Crippen molar-refractivity contribution in [3.63, 3.8) is 0 Å². The lowest BCUT2D eigenvalue weighted by Gasteiger charge is -2.59. The van der Waals surface area contributed by atoms with Crippen molar-refractivity contribution in [2.45, 2.75) is 131 Å². The van der Waals surface area contributed by atoms with Gasteiger partial charge in [-0.1, -0.05) is 65.5 Å². The minimum atomic E-state index is -1.47. The van der Waals surface area contributed by atoms with Gasteiger partial charge in [0.25, 0.3) is 0 Å². The third-order valence-corrected chi connectivity index (χ3v) is 11.8. The SMILES string of the molecule is CC(C)CCC[C@@H](C)[C@H]1CC[C@H]2[C@@H]3CCC4=C[C@@H](O[Si](C)(C)C)CC[C@]4(C)[C@H]3CC[C@]12C. The Kier molecular flexibility index (Phi) is 7.17. The first-order valence-corrected chi connectivity index (χ1v) is 17.7. The normalized spacial score (nSPS) is 42.8. The van der Waals surface area contributed by atoms with Crippen LogP contribution in [0.1, 0.15) is 105 Å². The summed E-state index contributed by atoms with van der Waals surface area (Å²) in [5.74, 6) is 5.67. The highest BCUT2D eigenvalue weighted by atomic mass is 28.4. The summed E-state index contributed by atoms with van der Waals surface area (Å²) in [5.41, 5.74) is 2.87. The summed E-state index contributed by atoms with van der Waals surface area (Å²) < 4.78 is 6.54. The molecule has 184 valence electrons. The summed E-state index contributed by atoms with van der Waals surface area (Å²) in [6.45, 7) is 19.8. The molecule has 3 saturated carbocycles. The Hall–Kier alpha value is -0.0831. The highest BCUT2D eigenvalue weighted by Crippen LogP contribution is 2.67. The van der Waals surface area contributed by atoms with Crippen molar-refractivity contribution in [3.05, 3.63) is 11.6 Å². The lowest BCUT2D eigenvalue weighted by molar-refractivity contribution is -0.0622. The Labute approximate surface area is 201 Å². The van der Waals surface area contributed by atoms with Crippen LogP contribution in [-0.2, 0) is 4.43 Å². The van der Waals surface area contributed by atoms with Crippen LogP contribution in [0.5, 0.6) is 0 Å². The molecule has 4 aliphatic carbocycles. The van der Waals surface area contributed by atoms with Gasteiger partial charge in [0.05, 0.1) is 6.10 Å². The largest absolute Gasteiger partial charge is 0.411 e. The van der Waals surface area contributed by atoms with Gasteiger partial charge in [0, 0.05) is 0 Å². The van der Waals surface area contributed by atoms with Crippen molar-refractivity contribution in [2.24, 2.45) is 46.3 Å². The number of fused-ring (bicyclic) bond motifs is 5. The molecule has 0 saturated heterocycles. The van der Waals surface area contributed by atoms with Crippen LogP contribution in [0.25, 0.3) is 0 Å². The van der Waals surface area contributed by atoms with Crippen molar-refractivity contribution in [3.8, 4) is 0 Å². The smallest absolute Gasteiger partial charge is 0.184 e. The van der Waals surface area contributed by atoms with Gasteiger partial charge in [-0.15, -0.1) is 0 Å². The molecule has 0 heterocycles. The molecule has 0 radical (unpaired) electrons. The van der Waals surface area contributed by atoms with E-state index in [0.717, 1.165) is 35.5 Å². The van der Waals surface area contributed by atoms with E-state index in [2.05, 4.69) is 60.3 Å². The van der Waals surface area contributed by atoms with E-state index in [0.29, 0.717) is 16.9 Å². The molecule has 0 aromatic carbocycles. The molecule has 8 atom stereocenters. The molecule has 2 heteroatoms. The molecule has 1 nitrogen and oxygen atoms in total. The van der Waals surface area contributed by atoms with Crippen LogP contribution in [0.15, 0.2) is 11.6 Å². The van der Waals surface area contributed by atoms with Gasteiger partial charge in [0.15, 0.2) is 8.32 Å². The predicted molar refractivity (Wildman–Crippen MR) is 141 cm³/mol. The van der Waals surface area contributed by atoms with Gasteiger partial charge in [0.1, 0.15) is 0 Å². The van der Waals surface area contributed by atoms with Crippen LogP contribution < -0.4 is 0 Å². The number of allylic oxidation sites excluding steroid dienone is 1. The minimum absolute atomic E-state index is 0.401. The van der Waals surface area contributed by atoms with E-state index < -0.39 is 8.32 Å². The molecule has 3 fully saturated rings. The predicted octanol–water partition coefficient (Wildman–Crippen LogP) is 9.25. The van der Waals surface area contributed by atoms with Crippen LogP contribution >= 0.6 is 0 Å². The molecule has 4 rings (SSSR count). The van der Waals surface area contributed by atoms with E-state index in [-0.39, 0.29) is 0 Å². The van der Waals surface area contributed by atoms with E-state index in [1.165, 1.54) is 70.6 Å². The quantitative estimate of drug-likeness (QED) is 0.273. The maximum atomic E-state index is 6.54. The summed E-state index contributed by atoms with van der Waals surface area (Å²) >= 11 is 0. The lowest BCUT2D eigenvalue weighted by atomic mass is 9.46. The summed E-state index contributed by atoms with van der Waals surface area (Å²) in [4.78, 5) is 0. The van der Waals surface area contributed by atoms with Crippen molar-refractivity contribution in [1.29, 1.82) is 0 Å². The average Bonchev–Trinajstić information content (AvgIpc) is 3.04.